The summed E-state index contributed by atoms with van der Waals surface area (Å²) in [5.41, 5.74) is 2.37. The summed E-state index contributed by atoms with van der Waals surface area (Å²) in [4.78, 5) is 0. The van der Waals surface area contributed by atoms with Crippen molar-refractivity contribution in [2.75, 3.05) is 0 Å². The Kier molecular flexibility index (Phi) is 4.56. The maximum Gasteiger partial charge on any atom is 0.131 e. The van der Waals surface area contributed by atoms with Crippen LogP contribution in [0.4, 0.5) is 4.39 Å². The first-order chi connectivity index (χ1) is 10.0. The molecular formula is C17H16FNO2. The van der Waals surface area contributed by atoms with E-state index in [1.807, 2.05) is 19.1 Å². The number of ether oxygens (including phenoxy) is 1. The molecule has 2 rings (SSSR count). The number of aliphatic hydroxyl groups excluding tert-OH is 1. The molecule has 0 amide bonds. The van der Waals surface area contributed by atoms with Gasteiger partial charge < -0.3 is 9.84 Å². The quantitative estimate of drug-likeness (QED) is 0.933. The normalized spacial score (nSPS) is 11.8. The van der Waals surface area contributed by atoms with Gasteiger partial charge in [0.1, 0.15) is 18.2 Å². The minimum atomic E-state index is -0.534. The van der Waals surface area contributed by atoms with Crippen LogP contribution in [0, 0.1) is 24.1 Å². The average Bonchev–Trinajstić information content (AvgIpc) is 2.46. The zero-order chi connectivity index (χ0) is 15.4. The molecule has 0 aliphatic carbocycles. The molecule has 0 saturated heterocycles. The molecule has 4 heteroatoms. The molecular weight excluding hydrogens is 269 g/mol. The van der Waals surface area contributed by atoms with E-state index in [-0.39, 0.29) is 12.2 Å². The molecule has 0 aliphatic heterocycles. The molecule has 0 heterocycles. The second kappa shape index (κ2) is 6.38. The Bertz CT molecular complexity index is 690. The molecule has 0 aromatic heterocycles. The Labute approximate surface area is 123 Å². The van der Waals surface area contributed by atoms with E-state index < -0.39 is 11.9 Å². The number of nitrogens with zero attached hydrogens (tertiary/aromatic N) is 1. The minimum Gasteiger partial charge on any atom is -0.489 e. The minimum absolute atomic E-state index is 0.0897. The van der Waals surface area contributed by atoms with Crippen molar-refractivity contribution in [3.8, 4) is 11.8 Å². The standard InChI is InChI=1S/C17H16FNO2/c1-11-7-14(12(2)20)5-6-17(11)21-10-15-4-3-13(9-19)8-16(15)18/h3-8,12,20H,10H2,1-2H3/t12-/m0/s1. The largest absolute Gasteiger partial charge is 0.489 e. The van der Waals surface area contributed by atoms with Crippen LogP contribution in [0.5, 0.6) is 5.75 Å². The zero-order valence-electron chi connectivity index (χ0n) is 11.9. The Balaban J connectivity index is 2.12. The molecule has 0 saturated carbocycles. The Morgan fingerprint density at radius 2 is 2.05 bits per heavy atom. The first-order valence-corrected chi connectivity index (χ1v) is 6.61. The molecule has 21 heavy (non-hydrogen) atoms. The topological polar surface area (TPSA) is 53.2 Å². The third-order valence-corrected chi connectivity index (χ3v) is 3.25. The Morgan fingerprint density at radius 1 is 1.29 bits per heavy atom. The molecule has 2 aromatic rings. The third kappa shape index (κ3) is 3.59. The lowest BCUT2D eigenvalue weighted by atomic mass is 10.1. The van der Waals surface area contributed by atoms with Crippen LogP contribution in [0.15, 0.2) is 36.4 Å². The van der Waals surface area contributed by atoms with E-state index in [1.54, 1.807) is 31.2 Å². The number of nitriles is 1. The fourth-order valence-electron chi connectivity index (χ4n) is 1.98. The summed E-state index contributed by atoms with van der Waals surface area (Å²) >= 11 is 0. The van der Waals surface area contributed by atoms with Gasteiger partial charge in [0.2, 0.25) is 0 Å². The van der Waals surface area contributed by atoms with Crippen molar-refractivity contribution in [2.24, 2.45) is 0 Å². The number of aryl methyl sites for hydroxylation is 1. The number of hydrogen-bond acceptors (Lipinski definition) is 3. The molecule has 0 aliphatic rings. The van der Waals surface area contributed by atoms with E-state index in [9.17, 15) is 9.50 Å². The second-order valence-corrected chi connectivity index (χ2v) is 4.91. The van der Waals surface area contributed by atoms with Crippen LogP contribution in [-0.2, 0) is 6.61 Å². The van der Waals surface area contributed by atoms with Crippen molar-refractivity contribution in [1.82, 2.24) is 0 Å². The summed E-state index contributed by atoms with van der Waals surface area (Å²) in [6, 6.07) is 11.6. The highest BCUT2D eigenvalue weighted by atomic mass is 19.1. The van der Waals surface area contributed by atoms with E-state index >= 15 is 0 Å². The van der Waals surface area contributed by atoms with Crippen LogP contribution >= 0.6 is 0 Å². The fraction of sp³-hybridized carbons (Fsp3) is 0.235. The zero-order valence-corrected chi connectivity index (χ0v) is 11.9. The van der Waals surface area contributed by atoms with E-state index in [0.29, 0.717) is 11.3 Å². The second-order valence-electron chi connectivity index (χ2n) is 4.91. The molecule has 108 valence electrons. The van der Waals surface area contributed by atoms with Crippen LogP contribution in [0.25, 0.3) is 0 Å². The van der Waals surface area contributed by atoms with Gasteiger partial charge in [0.15, 0.2) is 0 Å². The lowest BCUT2D eigenvalue weighted by Gasteiger charge is -2.12. The van der Waals surface area contributed by atoms with Gasteiger partial charge in [-0.25, -0.2) is 4.39 Å². The molecule has 0 radical (unpaired) electrons. The fourth-order valence-corrected chi connectivity index (χ4v) is 1.98. The molecule has 1 N–H and O–H groups in total. The summed E-state index contributed by atoms with van der Waals surface area (Å²) in [5.74, 6) is 0.190. The number of hydrogen-bond donors (Lipinski definition) is 1. The van der Waals surface area contributed by atoms with Gasteiger partial charge in [-0.15, -0.1) is 0 Å². The van der Waals surface area contributed by atoms with Crippen molar-refractivity contribution in [3.05, 3.63) is 64.5 Å². The van der Waals surface area contributed by atoms with Crippen molar-refractivity contribution in [2.45, 2.75) is 26.6 Å². The van der Waals surface area contributed by atoms with Crippen LogP contribution in [0.3, 0.4) is 0 Å². The first-order valence-electron chi connectivity index (χ1n) is 6.61. The van der Waals surface area contributed by atoms with E-state index in [4.69, 9.17) is 10.00 Å². The van der Waals surface area contributed by atoms with E-state index in [2.05, 4.69) is 0 Å². The highest BCUT2D eigenvalue weighted by Gasteiger charge is 2.08. The summed E-state index contributed by atoms with van der Waals surface area (Å²) in [5, 5.41) is 18.2. The summed E-state index contributed by atoms with van der Waals surface area (Å²) in [7, 11) is 0. The van der Waals surface area contributed by atoms with Crippen molar-refractivity contribution in [3.63, 3.8) is 0 Å². The number of rotatable bonds is 4. The number of benzene rings is 2. The average molecular weight is 285 g/mol. The van der Waals surface area contributed by atoms with Crippen molar-refractivity contribution >= 4 is 0 Å². The molecule has 3 nitrogen and oxygen atoms in total. The Morgan fingerprint density at radius 3 is 2.62 bits per heavy atom. The SMILES string of the molecule is Cc1cc([C@H](C)O)ccc1OCc1ccc(C#N)cc1F. The third-order valence-electron chi connectivity index (χ3n) is 3.25. The maximum atomic E-state index is 13.7. The van der Waals surface area contributed by atoms with Crippen LogP contribution in [-0.4, -0.2) is 5.11 Å². The Hall–Kier alpha value is -2.38. The molecule has 0 fully saturated rings. The summed E-state index contributed by atoms with van der Waals surface area (Å²) in [6.07, 6.45) is -0.534. The predicted octanol–water partition coefficient (Wildman–Crippen LogP) is 3.64. The molecule has 1 atom stereocenters. The predicted molar refractivity (Wildman–Crippen MR) is 77.3 cm³/mol. The van der Waals surface area contributed by atoms with Crippen molar-refractivity contribution in [1.29, 1.82) is 5.26 Å². The van der Waals surface area contributed by atoms with Gasteiger partial charge >= 0.3 is 0 Å². The smallest absolute Gasteiger partial charge is 0.131 e. The van der Waals surface area contributed by atoms with Gasteiger partial charge in [0.25, 0.3) is 0 Å². The highest BCUT2D eigenvalue weighted by molar-refractivity contribution is 5.37. The summed E-state index contributed by atoms with van der Waals surface area (Å²) < 4.78 is 19.4. The molecule has 0 spiro atoms. The van der Waals surface area contributed by atoms with Gasteiger partial charge in [-0.3, -0.25) is 0 Å². The molecule has 2 aromatic carbocycles. The summed E-state index contributed by atoms with van der Waals surface area (Å²) in [6.45, 7) is 3.66. The molecule has 0 unspecified atom stereocenters. The van der Waals surface area contributed by atoms with Gasteiger partial charge in [-0.1, -0.05) is 12.1 Å². The van der Waals surface area contributed by atoms with E-state index in [1.165, 1.54) is 6.07 Å². The van der Waals surface area contributed by atoms with Gasteiger partial charge in [-0.05, 0) is 49.2 Å². The van der Waals surface area contributed by atoms with Crippen LogP contribution in [0.2, 0.25) is 0 Å². The van der Waals surface area contributed by atoms with Crippen LogP contribution < -0.4 is 4.74 Å². The number of aliphatic hydroxyl groups is 1. The first kappa shape index (κ1) is 15.0. The number of halogens is 1. The van der Waals surface area contributed by atoms with Gasteiger partial charge in [0, 0.05) is 5.56 Å². The lowest BCUT2D eigenvalue weighted by molar-refractivity contribution is 0.199. The van der Waals surface area contributed by atoms with Gasteiger partial charge in [-0.2, -0.15) is 5.26 Å². The molecule has 0 bridgehead atoms. The highest BCUT2D eigenvalue weighted by Crippen LogP contribution is 2.24. The maximum absolute atomic E-state index is 13.7. The lowest BCUT2D eigenvalue weighted by Crippen LogP contribution is -2.01. The van der Waals surface area contributed by atoms with Gasteiger partial charge in [0.05, 0.1) is 17.7 Å². The monoisotopic (exact) mass is 285 g/mol. The van der Waals surface area contributed by atoms with Crippen molar-refractivity contribution < 1.29 is 14.2 Å². The van der Waals surface area contributed by atoms with Crippen LogP contribution in [0.1, 0.15) is 35.3 Å². The van der Waals surface area contributed by atoms with E-state index in [0.717, 1.165) is 11.1 Å².